The summed E-state index contributed by atoms with van der Waals surface area (Å²) in [5.41, 5.74) is 0.806. The Morgan fingerprint density at radius 2 is 2.07 bits per heavy atom. The lowest BCUT2D eigenvalue weighted by Crippen LogP contribution is -2.12. The summed E-state index contributed by atoms with van der Waals surface area (Å²) in [7, 11) is 4.89. The van der Waals surface area contributed by atoms with Crippen LogP contribution >= 0.6 is 22.6 Å². The number of hydrogen-bond donors (Lipinski definition) is 1. The fraction of sp³-hybridized carbons (Fsp3) is 0.300. The van der Waals surface area contributed by atoms with Gasteiger partial charge in [-0.3, -0.25) is 0 Å². The van der Waals surface area contributed by atoms with Gasteiger partial charge in [0.1, 0.15) is 5.56 Å². The van der Waals surface area contributed by atoms with E-state index in [9.17, 15) is 9.90 Å². The second-order valence-corrected chi connectivity index (χ2v) is 4.34. The summed E-state index contributed by atoms with van der Waals surface area (Å²) in [6, 6.07) is 3.32. The Balaban J connectivity index is 3.35. The van der Waals surface area contributed by atoms with Crippen molar-refractivity contribution in [1.82, 2.24) is 0 Å². The lowest BCUT2D eigenvalue weighted by Gasteiger charge is -2.17. The molecular weight excluding hydrogens is 309 g/mol. The Labute approximate surface area is 102 Å². The van der Waals surface area contributed by atoms with Gasteiger partial charge in [-0.25, -0.2) is 4.79 Å². The number of esters is 1. The van der Waals surface area contributed by atoms with E-state index in [1.165, 1.54) is 7.11 Å². The molecule has 0 fully saturated rings. The molecule has 4 nitrogen and oxygen atoms in total. The van der Waals surface area contributed by atoms with Crippen LogP contribution in [-0.2, 0) is 4.74 Å². The predicted molar refractivity (Wildman–Crippen MR) is 66.5 cm³/mol. The number of aromatic hydroxyl groups is 1. The summed E-state index contributed by atoms with van der Waals surface area (Å²) < 4.78 is 5.45. The number of halogens is 1. The molecule has 0 aliphatic heterocycles. The van der Waals surface area contributed by atoms with Crippen molar-refractivity contribution < 1.29 is 14.6 Å². The van der Waals surface area contributed by atoms with E-state index in [2.05, 4.69) is 27.3 Å². The average molecular weight is 321 g/mol. The van der Waals surface area contributed by atoms with Crippen LogP contribution in [0.25, 0.3) is 0 Å². The molecule has 0 aliphatic rings. The molecule has 82 valence electrons. The molecule has 0 aliphatic carbocycles. The second kappa shape index (κ2) is 4.69. The smallest absolute Gasteiger partial charge is 0.341 e. The molecule has 0 bridgehead atoms. The van der Waals surface area contributed by atoms with Crippen molar-refractivity contribution in [2.24, 2.45) is 0 Å². The lowest BCUT2D eigenvalue weighted by atomic mass is 10.1. The number of methoxy groups -OCH3 is 1. The van der Waals surface area contributed by atoms with E-state index >= 15 is 0 Å². The minimum absolute atomic E-state index is 0.0428. The molecule has 1 N–H and O–H groups in total. The summed E-state index contributed by atoms with van der Waals surface area (Å²) in [6.45, 7) is 0. The number of phenolic OH excluding ortho intramolecular Hbond substituents is 1. The summed E-state index contributed by atoms with van der Waals surface area (Å²) in [6.07, 6.45) is 0. The fourth-order valence-corrected chi connectivity index (χ4v) is 2.17. The molecule has 1 aromatic carbocycles. The second-order valence-electron chi connectivity index (χ2n) is 3.18. The van der Waals surface area contributed by atoms with Gasteiger partial charge in [0.25, 0.3) is 0 Å². The molecule has 0 saturated carbocycles. The van der Waals surface area contributed by atoms with Crippen LogP contribution in [-0.4, -0.2) is 32.3 Å². The minimum Gasteiger partial charge on any atom is -0.505 e. The van der Waals surface area contributed by atoms with Crippen LogP contribution < -0.4 is 4.90 Å². The molecule has 0 radical (unpaired) electrons. The van der Waals surface area contributed by atoms with Crippen LogP contribution in [0.5, 0.6) is 5.75 Å². The molecular formula is C10H12INO3. The van der Waals surface area contributed by atoms with Gasteiger partial charge in [-0.05, 0) is 34.7 Å². The topological polar surface area (TPSA) is 49.8 Å². The van der Waals surface area contributed by atoms with Crippen LogP contribution in [0.15, 0.2) is 12.1 Å². The standard InChI is InChI=1S/C10H12INO3/c1-12(2)8-7(11)5-4-6(9(8)13)10(14)15-3/h4-5,13H,1-3H3. The highest BCUT2D eigenvalue weighted by Crippen LogP contribution is 2.34. The molecule has 0 saturated heterocycles. The van der Waals surface area contributed by atoms with Crippen molar-refractivity contribution in [2.75, 3.05) is 26.1 Å². The summed E-state index contributed by atoms with van der Waals surface area (Å²) in [5.74, 6) is -0.578. The summed E-state index contributed by atoms with van der Waals surface area (Å²) >= 11 is 2.10. The zero-order valence-corrected chi connectivity index (χ0v) is 10.9. The SMILES string of the molecule is COC(=O)c1ccc(I)c(N(C)C)c1O. The Kier molecular flexibility index (Phi) is 3.78. The van der Waals surface area contributed by atoms with Crippen molar-refractivity contribution in [3.63, 3.8) is 0 Å². The third-order valence-corrected chi connectivity index (χ3v) is 2.82. The van der Waals surface area contributed by atoms with Gasteiger partial charge in [0.05, 0.1) is 12.8 Å². The van der Waals surface area contributed by atoms with Crippen LogP contribution in [0, 0.1) is 3.57 Å². The van der Waals surface area contributed by atoms with E-state index in [1.54, 1.807) is 31.1 Å². The van der Waals surface area contributed by atoms with E-state index in [0.717, 1.165) is 3.57 Å². The van der Waals surface area contributed by atoms with Gasteiger partial charge in [-0.1, -0.05) is 0 Å². The summed E-state index contributed by atoms with van der Waals surface area (Å²) in [4.78, 5) is 13.1. The maximum absolute atomic E-state index is 11.3. The Hall–Kier alpha value is -0.980. The number of phenols is 1. The molecule has 1 rings (SSSR count). The first-order valence-corrected chi connectivity index (χ1v) is 5.34. The quantitative estimate of drug-likeness (QED) is 0.667. The first-order chi connectivity index (χ1) is 6.99. The van der Waals surface area contributed by atoms with E-state index < -0.39 is 5.97 Å². The molecule has 0 unspecified atom stereocenters. The molecule has 5 heteroatoms. The largest absolute Gasteiger partial charge is 0.505 e. The van der Waals surface area contributed by atoms with E-state index in [1.807, 2.05) is 0 Å². The number of carbonyl (C=O) groups excluding carboxylic acids is 1. The monoisotopic (exact) mass is 321 g/mol. The van der Waals surface area contributed by atoms with Gasteiger partial charge < -0.3 is 14.7 Å². The normalized spacial score (nSPS) is 9.87. The van der Waals surface area contributed by atoms with Gasteiger partial charge in [0.15, 0.2) is 5.75 Å². The Morgan fingerprint density at radius 1 is 1.47 bits per heavy atom. The highest BCUT2D eigenvalue weighted by atomic mass is 127. The van der Waals surface area contributed by atoms with E-state index in [0.29, 0.717) is 5.69 Å². The van der Waals surface area contributed by atoms with Gasteiger partial charge in [0.2, 0.25) is 0 Å². The number of hydrogen-bond acceptors (Lipinski definition) is 4. The molecule has 15 heavy (non-hydrogen) atoms. The molecule has 0 heterocycles. The van der Waals surface area contributed by atoms with E-state index in [-0.39, 0.29) is 11.3 Å². The molecule has 0 atom stereocenters. The number of nitrogens with zero attached hydrogens (tertiary/aromatic N) is 1. The Morgan fingerprint density at radius 3 is 2.53 bits per heavy atom. The average Bonchev–Trinajstić information content (AvgIpc) is 2.16. The van der Waals surface area contributed by atoms with Crippen molar-refractivity contribution in [3.05, 3.63) is 21.3 Å². The predicted octanol–water partition coefficient (Wildman–Crippen LogP) is 1.85. The molecule has 0 spiro atoms. The molecule has 1 aromatic rings. The van der Waals surface area contributed by atoms with Gasteiger partial charge in [0, 0.05) is 17.7 Å². The summed E-state index contributed by atoms with van der Waals surface area (Å²) in [5, 5.41) is 9.89. The van der Waals surface area contributed by atoms with Crippen molar-refractivity contribution in [3.8, 4) is 5.75 Å². The maximum Gasteiger partial charge on any atom is 0.341 e. The Bertz CT molecular complexity index is 390. The lowest BCUT2D eigenvalue weighted by molar-refractivity contribution is 0.0597. The third-order valence-electron chi connectivity index (χ3n) is 1.95. The number of rotatable bonds is 2. The van der Waals surface area contributed by atoms with Crippen LogP contribution in [0.3, 0.4) is 0 Å². The van der Waals surface area contributed by atoms with Crippen LogP contribution in [0.4, 0.5) is 5.69 Å². The minimum atomic E-state index is -0.535. The fourth-order valence-electron chi connectivity index (χ4n) is 1.26. The van der Waals surface area contributed by atoms with Crippen molar-refractivity contribution >= 4 is 34.2 Å². The number of ether oxygens (including phenoxy) is 1. The molecule has 0 amide bonds. The molecule has 0 aromatic heterocycles. The highest BCUT2D eigenvalue weighted by molar-refractivity contribution is 14.1. The zero-order chi connectivity index (χ0) is 11.6. The number of anilines is 1. The van der Waals surface area contributed by atoms with Gasteiger partial charge in [-0.15, -0.1) is 0 Å². The zero-order valence-electron chi connectivity index (χ0n) is 8.74. The van der Waals surface area contributed by atoms with Gasteiger partial charge >= 0.3 is 5.97 Å². The third kappa shape index (κ3) is 2.34. The first kappa shape index (κ1) is 12.1. The van der Waals surface area contributed by atoms with Crippen LogP contribution in [0.1, 0.15) is 10.4 Å². The first-order valence-electron chi connectivity index (χ1n) is 4.26. The number of carbonyl (C=O) groups is 1. The van der Waals surface area contributed by atoms with Crippen LogP contribution in [0.2, 0.25) is 0 Å². The maximum atomic E-state index is 11.3. The highest BCUT2D eigenvalue weighted by Gasteiger charge is 2.18. The van der Waals surface area contributed by atoms with E-state index in [4.69, 9.17) is 0 Å². The number of benzene rings is 1. The van der Waals surface area contributed by atoms with Crippen molar-refractivity contribution in [1.29, 1.82) is 0 Å². The van der Waals surface area contributed by atoms with Crippen molar-refractivity contribution in [2.45, 2.75) is 0 Å². The van der Waals surface area contributed by atoms with Gasteiger partial charge in [-0.2, -0.15) is 0 Å².